The molecule has 0 unspecified atom stereocenters. The smallest absolute Gasteiger partial charge is 0.0864 e. The van der Waals surface area contributed by atoms with Gasteiger partial charge in [-0.1, -0.05) is 12.1 Å². The third kappa shape index (κ3) is 1.85. The lowest BCUT2D eigenvalue weighted by atomic mass is 10.3. The van der Waals surface area contributed by atoms with Crippen LogP contribution in [-0.4, -0.2) is 6.21 Å². The molecule has 0 radical (unpaired) electrons. The average molecular weight is 272 g/mol. The van der Waals surface area contributed by atoms with Gasteiger partial charge in [-0.25, -0.2) is 0 Å². The molecular formula is C9H9IN2. The summed E-state index contributed by atoms with van der Waals surface area (Å²) in [4.78, 5) is 4.21. The Kier molecular flexibility index (Phi) is 3.28. The second-order valence-corrected chi connectivity index (χ2v) is 2.30. The van der Waals surface area contributed by atoms with Crippen molar-refractivity contribution in [1.29, 1.82) is 0 Å². The Bertz CT molecular complexity index is 318. The summed E-state index contributed by atoms with van der Waals surface area (Å²) in [5, 5.41) is 3.12. The summed E-state index contributed by atoms with van der Waals surface area (Å²) in [6, 6.07) is 7.94. The number of rotatable bonds is 0. The summed E-state index contributed by atoms with van der Waals surface area (Å²) in [6.45, 7) is 0. The van der Waals surface area contributed by atoms with Crippen LogP contribution in [-0.2, 0) is 0 Å². The second-order valence-electron chi connectivity index (χ2n) is 2.30. The maximum absolute atomic E-state index is 4.21. The van der Waals surface area contributed by atoms with E-state index in [-0.39, 0.29) is 24.0 Å². The van der Waals surface area contributed by atoms with Crippen molar-refractivity contribution in [2.24, 2.45) is 4.99 Å². The molecule has 0 aromatic heterocycles. The molecule has 12 heavy (non-hydrogen) atoms. The lowest BCUT2D eigenvalue weighted by Crippen LogP contribution is -1.84. The number of benzene rings is 1. The van der Waals surface area contributed by atoms with Crippen LogP contribution in [0.15, 0.2) is 41.5 Å². The van der Waals surface area contributed by atoms with Crippen molar-refractivity contribution in [1.82, 2.24) is 0 Å². The van der Waals surface area contributed by atoms with E-state index in [1.54, 1.807) is 6.21 Å². The molecule has 0 fully saturated rings. The molecule has 0 saturated carbocycles. The standard InChI is InChI=1S/C9H8N2.HI/c1-2-5-9-8(4-1)10-6-3-7-11-9;/h1-7,10H;1H. The normalized spacial score (nSPS) is 12.3. The Morgan fingerprint density at radius 2 is 2.00 bits per heavy atom. The van der Waals surface area contributed by atoms with Gasteiger partial charge in [0.15, 0.2) is 0 Å². The number of fused-ring (bicyclic) bond motifs is 1. The molecule has 0 saturated heterocycles. The second kappa shape index (κ2) is 4.25. The number of halogens is 1. The molecule has 0 amide bonds. The van der Waals surface area contributed by atoms with Gasteiger partial charge in [-0.3, -0.25) is 4.99 Å². The third-order valence-electron chi connectivity index (χ3n) is 1.54. The number of anilines is 1. The average Bonchev–Trinajstić information content (AvgIpc) is 2.28. The maximum atomic E-state index is 4.21. The van der Waals surface area contributed by atoms with Gasteiger partial charge in [-0.2, -0.15) is 0 Å². The molecule has 62 valence electrons. The summed E-state index contributed by atoms with van der Waals surface area (Å²) < 4.78 is 0. The number of para-hydroxylation sites is 2. The number of hydrogen-bond acceptors (Lipinski definition) is 2. The van der Waals surface area contributed by atoms with Gasteiger partial charge in [0.1, 0.15) is 0 Å². The van der Waals surface area contributed by atoms with Crippen molar-refractivity contribution in [3.8, 4) is 0 Å². The Morgan fingerprint density at radius 3 is 2.92 bits per heavy atom. The first-order valence-electron chi connectivity index (χ1n) is 3.51. The molecule has 1 aromatic carbocycles. The van der Waals surface area contributed by atoms with Crippen molar-refractivity contribution >= 4 is 41.6 Å². The van der Waals surface area contributed by atoms with E-state index in [1.807, 2.05) is 36.5 Å². The van der Waals surface area contributed by atoms with E-state index in [1.165, 1.54) is 0 Å². The number of nitrogens with one attached hydrogen (secondary N) is 1. The Hall–Kier alpha value is -0.840. The van der Waals surface area contributed by atoms with Gasteiger partial charge < -0.3 is 5.32 Å². The number of nitrogens with zero attached hydrogens (tertiary/aromatic N) is 1. The van der Waals surface area contributed by atoms with Crippen LogP contribution in [0.2, 0.25) is 0 Å². The number of hydrogen-bond donors (Lipinski definition) is 1. The molecule has 0 aliphatic carbocycles. The molecule has 2 nitrogen and oxygen atoms in total. The van der Waals surface area contributed by atoms with Crippen LogP contribution in [0.4, 0.5) is 11.4 Å². The van der Waals surface area contributed by atoms with Crippen LogP contribution in [0.3, 0.4) is 0 Å². The first-order valence-corrected chi connectivity index (χ1v) is 3.51. The van der Waals surface area contributed by atoms with Crippen LogP contribution in [0.5, 0.6) is 0 Å². The SMILES string of the molecule is C1=CNc2ccccc2N=C1.I. The molecule has 0 bridgehead atoms. The minimum Gasteiger partial charge on any atom is -0.360 e. The summed E-state index contributed by atoms with van der Waals surface area (Å²) in [5.74, 6) is 0. The van der Waals surface area contributed by atoms with Crippen molar-refractivity contribution in [2.75, 3.05) is 5.32 Å². The molecule has 2 rings (SSSR count). The largest absolute Gasteiger partial charge is 0.360 e. The van der Waals surface area contributed by atoms with E-state index < -0.39 is 0 Å². The maximum Gasteiger partial charge on any atom is 0.0864 e. The highest BCUT2D eigenvalue weighted by molar-refractivity contribution is 14.0. The van der Waals surface area contributed by atoms with Crippen molar-refractivity contribution in [2.45, 2.75) is 0 Å². The lowest BCUT2D eigenvalue weighted by molar-refractivity contribution is 1.52. The van der Waals surface area contributed by atoms with E-state index in [0.717, 1.165) is 11.4 Å². The molecule has 1 heterocycles. The Labute approximate surface area is 88.4 Å². The van der Waals surface area contributed by atoms with Gasteiger partial charge >= 0.3 is 0 Å². The Morgan fingerprint density at radius 1 is 1.17 bits per heavy atom. The van der Waals surface area contributed by atoms with E-state index >= 15 is 0 Å². The van der Waals surface area contributed by atoms with Crippen molar-refractivity contribution < 1.29 is 0 Å². The topological polar surface area (TPSA) is 24.4 Å². The van der Waals surface area contributed by atoms with Crippen molar-refractivity contribution in [3.63, 3.8) is 0 Å². The van der Waals surface area contributed by atoms with Crippen molar-refractivity contribution in [3.05, 3.63) is 36.5 Å². The van der Waals surface area contributed by atoms with Crippen LogP contribution in [0, 0.1) is 0 Å². The quantitative estimate of drug-likeness (QED) is 0.721. The summed E-state index contributed by atoms with van der Waals surface area (Å²) in [6.07, 6.45) is 5.52. The number of aliphatic imine (C=N–C) groups is 1. The zero-order valence-corrected chi connectivity index (χ0v) is 8.73. The summed E-state index contributed by atoms with van der Waals surface area (Å²) in [7, 11) is 0. The fourth-order valence-electron chi connectivity index (χ4n) is 1.01. The molecular weight excluding hydrogens is 263 g/mol. The molecule has 1 aliphatic rings. The first-order chi connectivity index (χ1) is 5.47. The highest BCUT2D eigenvalue weighted by Gasteiger charge is 1.96. The Balaban J connectivity index is 0.000000720. The lowest BCUT2D eigenvalue weighted by Gasteiger charge is -2.00. The molecule has 1 N–H and O–H groups in total. The van der Waals surface area contributed by atoms with E-state index in [2.05, 4.69) is 10.3 Å². The van der Waals surface area contributed by atoms with E-state index in [4.69, 9.17) is 0 Å². The molecule has 3 heteroatoms. The molecule has 0 spiro atoms. The monoisotopic (exact) mass is 272 g/mol. The number of allylic oxidation sites excluding steroid dienone is 1. The molecule has 1 aromatic rings. The van der Waals surface area contributed by atoms with E-state index in [9.17, 15) is 0 Å². The fraction of sp³-hybridized carbons (Fsp3) is 0. The van der Waals surface area contributed by atoms with Crippen LogP contribution in [0.25, 0.3) is 0 Å². The molecule has 0 atom stereocenters. The van der Waals surface area contributed by atoms with Crippen LogP contribution in [0.1, 0.15) is 0 Å². The van der Waals surface area contributed by atoms with E-state index in [0.29, 0.717) is 0 Å². The van der Waals surface area contributed by atoms with Crippen LogP contribution >= 0.6 is 24.0 Å². The van der Waals surface area contributed by atoms with Gasteiger partial charge in [-0.05, 0) is 18.2 Å². The predicted octanol–water partition coefficient (Wildman–Crippen LogP) is 2.95. The van der Waals surface area contributed by atoms with Crippen LogP contribution < -0.4 is 5.32 Å². The first kappa shape index (κ1) is 9.25. The minimum atomic E-state index is 0. The fourth-order valence-corrected chi connectivity index (χ4v) is 1.01. The third-order valence-corrected chi connectivity index (χ3v) is 1.54. The van der Waals surface area contributed by atoms with Gasteiger partial charge in [-0.15, -0.1) is 24.0 Å². The zero-order chi connectivity index (χ0) is 7.52. The summed E-state index contributed by atoms with van der Waals surface area (Å²) in [5.41, 5.74) is 2.04. The summed E-state index contributed by atoms with van der Waals surface area (Å²) >= 11 is 0. The van der Waals surface area contributed by atoms with Gasteiger partial charge in [0.2, 0.25) is 0 Å². The molecule has 1 aliphatic heterocycles. The predicted molar refractivity (Wildman–Crippen MR) is 62.8 cm³/mol. The zero-order valence-electron chi connectivity index (χ0n) is 6.40. The van der Waals surface area contributed by atoms with Gasteiger partial charge in [0.05, 0.1) is 11.4 Å². The van der Waals surface area contributed by atoms with Gasteiger partial charge in [0, 0.05) is 12.4 Å². The highest BCUT2D eigenvalue weighted by Crippen LogP contribution is 2.24. The highest BCUT2D eigenvalue weighted by atomic mass is 127. The van der Waals surface area contributed by atoms with Gasteiger partial charge in [0.25, 0.3) is 0 Å². The minimum absolute atomic E-state index is 0.